The summed E-state index contributed by atoms with van der Waals surface area (Å²) < 4.78 is 35.3. The van der Waals surface area contributed by atoms with E-state index in [4.69, 9.17) is 9.47 Å². The van der Waals surface area contributed by atoms with Crippen LogP contribution in [0.15, 0.2) is 53.4 Å². The van der Waals surface area contributed by atoms with Gasteiger partial charge in [0.25, 0.3) is 5.91 Å². The van der Waals surface area contributed by atoms with Gasteiger partial charge in [-0.3, -0.25) is 4.79 Å². The van der Waals surface area contributed by atoms with Crippen LogP contribution in [0.4, 0.5) is 5.69 Å². The summed E-state index contributed by atoms with van der Waals surface area (Å²) >= 11 is 0. The number of benzene rings is 2. The van der Waals surface area contributed by atoms with Crippen LogP contribution in [0.5, 0.6) is 0 Å². The first kappa shape index (κ1) is 21.5. The van der Waals surface area contributed by atoms with Crippen molar-refractivity contribution < 1.29 is 27.5 Å². The molecule has 0 radical (unpaired) electrons. The molecule has 0 fully saturated rings. The van der Waals surface area contributed by atoms with Crippen molar-refractivity contribution in [1.29, 1.82) is 0 Å². The van der Waals surface area contributed by atoms with Crippen molar-refractivity contribution in [3.63, 3.8) is 0 Å². The molecule has 8 nitrogen and oxygen atoms in total. The standard InChI is InChI=1S/C19H22N2O6S/c1-21(2)28(24,25)17-6-4-5-16(11-17)20-18(22)13-27-19(23)15-9-7-14(8-10-15)12-26-3/h4-11H,12-13H2,1-3H3,(H,20,22). The van der Waals surface area contributed by atoms with Crippen LogP contribution in [0.3, 0.4) is 0 Å². The number of carbonyl (C=O) groups is 2. The highest BCUT2D eigenvalue weighted by molar-refractivity contribution is 7.89. The third kappa shape index (κ3) is 5.62. The molecule has 0 unspecified atom stereocenters. The van der Waals surface area contributed by atoms with Gasteiger partial charge in [0, 0.05) is 26.9 Å². The highest BCUT2D eigenvalue weighted by atomic mass is 32.2. The largest absolute Gasteiger partial charge is 0.452 e. The molecule has 0 atom stereocenters. The van der Waals surface area contributed by atoms with E-state index in [9.17, 15) is 18.0 Å². The molecule has 2 rings (SSSR count). The quantitative estimate of drug-likeness (QED) is 0.672. The van der Waals surface area contributed by atoms with Crippen molar-refractivity contribution in [1.82, 2.24) is 4.31 Å². The van der Waals surface area contributed by atoms with Gasteiger partial charge in [-0.15, -0.1) is 0 Å². The lowest BCUT2D eigenvalue weighted by atomic mass is 10.1. The molecule has 150 valence electrons. The zero-order chi connectivity index (χ0) is 20.7. The Morgan fingerprint density at radius 3 is 2.36 bits per heavy atom. The van der Waals surface area contributed by atoms with Crippen LogP contribution in [0.1, 0.15) is 15.9 Å². The maximum Gasteiger partial charge on any atom is 0.338 e. The van der Waals surface area contributed by atoms with E-state index in [1.165, 1.54) is 32.3 Å². The van der Waals surface area contributed by atoms with E-state index in [0.717, 1.165) is 9.87 Å². The number of nitrogens with zero attached hydrogens (tertiary/aromatic N) is 1. The fourth-order valence-corrected chi connectivity index (χ4v) is 3.21. The van der Waals surface area contributed by atoms with Gasteiger partial charge in [-0.25, -0.2) is 17.5 Å². The van der Waals surface area contributed by atoms with Crippen LogP contribution in [0.2, 0.25) is 0 Å². The lowest BCUT2D eigenvalue weighted by Gasteiger charge is -2.12. The smallest absolute Gasteiger partial charge is 0.338 e. The summed E-state index contributed by atoms with van der Waals surface area (Å²) in [6.45, 7) is -0.0658. The summed E-state index contributed by atoms with van der Waals surface area (Å²) in [5, 5.41) is 2.51. The molecule has 0 spiro atoms. The fourth-order valence-electron chi connectivity index (χ4n) is 2.26. The van der Waals surface area contributed by atoms with Gasteiger partial charge < -0.3 is 14.8 Å². The summed E-state index contributed by atoms with van der Waals surface area (Å²) in [5.74, 6) is -1.22. The molecule has 28 heavy (non-hydrogen) atoms. The van der Waals surface area contributed by atoms with Gasteiger partial charge in [0.2, 0.25) is 10.0 Å². The Labute approximate surface area is 164 Å². The minimum Gasteiger partial charge on any atom is -0.452 e. The van der Waals surface area contributed by atoms with Crippen LogP contribution in [-0.2, 0) is 30.9 Å². The van der Waals surface area contributed by atoms with Gasteiger partial charge in [-0.2, -0.15) is 0 Å². The molecule has 0 aromatic heterocycles. The van der Waals surface area contributed by atoms with Crippen molar-refractivity contribution >= 4 is 27.6 Å². The molecule has 9 heteroatoms. The van der Waals surface area contributed by atoms with Crippen LogP contribution in [0.25, 0.3) is 0 Å². The minimum absolute atomic E-state index is 0.0449. The third-order valence-electron chi connectivity index (χ3n) is 3.73. The monoisotopic (exact) mass is 406 g/mol. The number of sulfonamides is 1. The summed E-state index contributed by atoms with van der Waals surface area (Å²) in [7, 11) is 0.796. The third-order valence-corrected chi connectivity index (χ3v) is 5.54. The Hall–Kier alpha value is -2.75. The summed E-state index contributed by atoms with van der Waals surface area (Å²) in [4.78, 5) is 24.1. The summed E-state index contributed by atoms with van der Waals surface area (Å²) in [6.07, 6.45) is 0. The van der Waals surface area contributed by atoms with Crippen molar-refractivity contribution in [3.8, 4) is 0 Å². The predicted octanol–water partition coefficient (Wildman–Crippen LogP) is 1.88. The number of hydrogen-bond donors (Lipinski definition) is 1. The number of hydrogen-bond acceptors (Lipinski definition) is 6. The van der Waals surface area contributed by atoms with E-state index in [1.54, 1.807) is 37.4 Å². The van der Waals surface area contributed by atoms with Crippen LogP contribution >= 0.6 is 0 Å². The highest BCUT2D eigenvalue weighted by Crippen LogP contribution is 2.18. The second-order valence-electron chi connectivity index (χ2n) is 6.07. The van der Waals surface area contributed by atoms with E-state index < -0.39 is 28.5 Å². The average Bonchev–Trinajstić information content (AvgIpc) is 2.67. The molecular formula is C19H22N2O6S. The van der Waals surface area contributed by atoms with Gasteiger partial charge in [0.05, 0.1) is 17.1 Å². The predicted molar refractivity (Wildman–Crippen MR) is 103 cm³/mol. The van der Waals surface area contributed by atoms with Gasteiger partial charge in [-0.1, -0.05) is 18.2 Å². The molecule has 0 aliphatic rings. The van der Waals surface area contributed by atoms with Crippen molar-refractivity contribution in [2.24, 2.45) is 0 Å². The Bertz CT molecular complexity index is 939. The van der Waals surface area contributed by atoms with Gasteiger partial charge in [0.1, 0.15) is 0 Å². The van der Waals surface area contributed by atoms with E-state index in [-0.39, 0.29) is 10.6 Å². The fraction of sp³-hybridized carbons (Fsp3) is 0.263. The number of carbonyl (C=O) groups excluding carboxylic acids is 2. The van der Waals surface area contributed by atoms with E-state index >= 15 is 0 Å². The first-order chi connectivity index (χ1) is 13.2. The number of anilines is 1. The zero-order valence-corrected chi connectivity index (χ0v) is 16.7. The van der Waals surface area contributed by atoms with Gasteiger partial charge in [-0.05, 0) is 35.9 Å². The Kier molecular flexibility index (Phi) is 7.27. The number of ether oxygens (including phenoxy) is 2. The zero-order valence-electron chi connectivity index (χ0n) is 15.8. The van der Waals surface area contributed by atoms with Crippen LogP contribution in [-0.4, -0.2) is 52.4 Å². The molecule has 1 N–H and O–H groups in total. The lowest BCUT2D eigenvalue weighted by molar-refractivity contribution is -0.119. The van der Waals surface area contributed by atoms with Crippen molar-refractivity contribution in [2.75, 3.05) is 33.1 Å². The molecule has 1 amide bonds. The topological polar surface area (TPSA) is 102 Å². The number of amides is 1. The van der Waals surface area contributed by atoms with Crippen molar-refractivity contribution in [2.45, 2.75) is 11.5 Å². The summed E-state index contributed by atoms with van der Waals surface area (Å²) in [5.41, 5.74) is 1.50. The Morgan fingerprint density at radius 2 is 1.75 bits per heavy atom. The van der Waals surface area contributed by atoms with Crippen LogP contribution in [0, 0.1) is 0 Å². The number of nitrogens with one attached hydrogen (secondary N) is 1. The minimum atomic E-state index is -3.62. The molecule has 0 aliphatic heterocycles. The van der Waals surface area contributed by atoms with Gasteiger partial charge in [0.15, 0.2) is 6.61 Å². The average molecular weight is 406 g/mol. The molecule has 0 heterocycles. The van der Waals surface area contributed by atoms with E-state index in [1.807, 2.05) is 0 Å². The van der Waals surface area contributed by atoms with Gasteiger partial charge >= 0.3 is 5.97 Å². The number of rotatable bonds is 8. The normalized spacial score (nSPS) is 11.3. The first-order valence-corrected chi connectivity index (χ1v) is 9.75. The Balaban J connectivity index is 1.94. The molecule has 0 saturated heterocycles. The van der Waals surface area contributed by atoms with Crippen LogP contribution < -0.4 is 5.32 Å². The highest BCUT2D eigenvalue weighted by Gasteiger charge is 2.18. The molecule has 2 aromatic carbocycles. The molecule has 0 saturated carbocycles. The second kappa shape index (κ2) is 9.45. The molecule has 0 bridgehead atoms. The maximum atomic E-state index is 12.1. The van der Waals surface area contributed by atoms with Crippen molar-refractivity contribution in [3.05, 3.63) is 59.7 Å². The Morgan fingerprint density at radius 1 is 1.07 bits per heavy atom. The first-order valence-electron chi connectivity index (χ1n) is 8.31. The van der Waals surface area contributed by atoms with E-state index in [2.05, 4.69) is 5.32 Å². The molecule has 0 aliphatic carbocycles. The SMILES string of the molecule is COCc1ccc(C(=O)OCC(=O)Nc2cccc(S(=O)(=O)N(C)C)c2)cc1. The second-order valence-corrected chi connectivity index (χ2v) is 8.22. The summed E-state index contributed by atoms with van der Waals surface area (Å²) in [6, 6.07) is 12.5. The molecular weight excluding hydrogens is 384 g/mol. The maximum absolute atomic E-state index is 12.1. The molecule has 2 aromatic rings. The number of esters is 1. The van der Waals surface area contributed by atoms with E-state index in [0.29, 0.717) is 12.2 Å². The lowest BCUT2D eigenvalue weighted by Crippen LogP contribution is -2.23. The number of methoxy groups -OCH3 is 1.